The lowest BCUT2D eigenvalue weighted by Crippen LogP contribution is -2.36. The molecule has 0 aliphatic carbocycles. The van der Waals surface area contributed by atoms with Crippen molar-refractivity contribution in [2.24, 2.45) is 5.73 Å². The third-order valence-electron chi connectivity index (χ3n) is 3.00. The summed E-state index contributed by atoms with van der Waals surface area (Å²) in [6.07, 6.45) is 0. The topological polar surface area (TPSA) is 123 Å². The lowest BCUT2D eigenvalue weighted by molar-refractivity contribution is 0.0974. The lowest BCUT2D eigenvalue weighted by Gasteiger charge is -2.14. The molecule has 0 bridgehead atoms. The lowest BCUT2D eigenvalue weighted by atomic mass is 9.93. The minimum Gasteiger partial charge on any atom is -0.507 e. The van der Waals surface area contributed by atoms with Crippen molar-refractivity contribution in [3.63, 3.8) is 0 Å². The quantitative estimate of drug-likeness (QED) is 0.492. The Labute approximate surface area is 141 Å². The average molecular weight is 349 g/mol. The van der Waals surface area contributed by atoms with Crippen molar-refractivity contribution in [1.29, 1.82) is 10.7 Å². The molecule has 0 heterocycles. The summed E-state index contributed by atoms with van der Waals surface area (Å²) in [5, 5.41) is 29.0. The van der Waals surface area contributed by atoms with Gasteiger partial charge < -0.3 is 10.8 Å². The van der Waals surface area contributed by atoms with Gasteiger partial charge in [-0.15, -0.1) is 0 Å². The van der Waals surface area contributed by atoms with E-state index in [9.17, 15) is 15.2 Å². The van der Waals surface area contributed by atoms with Crippen molar-refractivity contribution in [3.8, 4) is 22.9 Å². The van der Waals surface area contributed by atoms with Gasteiger partial charge in [-0.2, -0.15) is 5.26 Å². The first-order valence-electron chi connectivity index (χ1n) is 6.22. The number of nitrogens with one attached hydrogen (secondary N) is 2. The molecule has 0 saturated heterocycles. The van der Waals surface area contributed by atoms with Gasteiger partial charge in [-0.1, -0.05) is 35.3 Å². The van der Waals surface area contributed by atoms with Crippen LogP contribution in [-0.4, -0.2) is 17.0 Å². The van der Waals surface area contributed by atoms with E-state index in [1.165, 1.54) is 12.1 Å². The Morgan fingerprint density at radius 3 is 2.61 bits per heavy atom. The van der Waals surface area contributed by atoms with Crippen LogP contribution in [0.5, 0.6) is 5.75 Å². The number of phenols is 1. The molecule has 1 amide bonds. The van der Waals surface area contributed by atoms with Gasteiger partial charge in [0.25, 0.3) is 5.91 Å². The van der Waals surface area contributed by atoms with Crippen molar-refractivity contribution in [2.75, 3.05) is 0 Å². The van der Waals surface area contributed by atoms with Crippen LogP contribution in [0.3, 0.4) is 0 Å². The molecule has 0 aliphatic heterocycles. The summed E-state index contributed by atoms with van der Waals surface area (Å²) in [5.74, 6) is -1.81. The third kappa shape index (κ3) is 3.21. The van der Waals surface area contributed by atoms with Crippen LogP contribution in [0, 0.1) is 16.7 Å². The van der Waals surface area contributed by atoms with Crippen molar-refractivity contribution in [1.82, 2.24) is 5.32 Å². The number of aromatic hydroxyl groups is 1. The SMILES string of the molecule is N#Cc1ccc(O)c(C(=O)NC(=N)N)c1-c1cccc(Cl)c1Cl. The molecule has 2 aromatic carbocycles. The number of phenolic OH excluding ortho intramolecular Hbond substituents is 1. The molecule has 23 heavy (non-hydrogen) atoms. The Morgan fingerprint density at radius 2 is 2.00 bits per heavy atom. The summed E-state index contributed by atoms with van der Waals surface area (Å²) >= 11 is 12.2. The first kappa shape index (κ1) is 16.6. The minimum atomic E-state index is -0.835. The number of carbonyl (C=O) groups excluding carboxylic acids is 1. The monoisotopic (exact) mass is 348 g/mol. The molecule has 0 aromatic heterocycles. The Kier molecular flexibility index (Phi) is 4.74. The van der Waals surface area contributed by atoms with Crippen molar-refractivity contribution < 1.29 is 9.90 Å². The number of benzene rings is 2. The van der Waals surface area contributed by atoms with Crippen LogP contribution in [0.15, 0.2) is 30.3 Å². The van der Waals surface area contributed by atoms with Crippen LogP contribution in [0.4, 0.5) is 0 Å². The number of hydrogen-bond donors (Lipinski definition) is 4. The molecule has 0 saturated carbocycles. The highest BCUT2D eigenvalue weighted by Crippen LogP contribution is 2.39. The van der Waals surface area contributed by atoms with Crippen molar-refractivity contribution in [2.45, 2.75) is 0 Å². The Balaban J connectivity index is 2.83. The zero-order chi connectivity index (χ0) is 17.1. The Morgan fingerprint density at radius 1 is 1.30 bits per heavy atom. The fourth-order valence-corrected chi connectivity index (χ4v) is 2.47. The molecular formula is C15H10Cl2N4O2. The molecule has 116 valence electrons. The molecule has 5 N–H and O–H groups in total. The van der Waals surface area contributed by atoms with Crippen LogP contribution in [-0.2, 0) is 0 Å². The number of guanidine groups is 1. The highest BCUT2D eigenvalue weighted by molar-refractivity contribution is 6.44. The summed E-state index contributed by atoms with van der Waals surface area (Å²) in [4.78, 5) is 12.3. The van der Waals surface area contributed by atoms with Gasteiger partial charge in [0.2, 0.25) is 0 Å². The molecule has 0 aliphatic rings. The molecule has 0 spiro atoms. The van der Waals surface area contributed by atoms with E-state index in [1.54, 1.807) is 18.2 Å². The molecule has 0 fully saturated rings. The second-order valence-corrected chi connectivity index (χ2v) is 5.25. The van der Waals surface area contributed by atoms with Gasteiger partial charge in [0.15, 0.2) is 5.96 Å². The van der Waals surface area contributed by atoms with E-state index < -0.39 is 11.9 Å². The zero-order valence-electron chi connectivity index (χ0n) is 11.5. The number of hydrogen-bond acceptors (Lipinski definition) is 4. The van der Waals surface area contributed by atoms with Crippen LogP contribution >= 0.6 is 23.2 Å². The fourth-order valence-electron chi connectivity index (χ4n) is 2.08. The molecule has 0 unspecified atom stereocenters. The van der Waals surface area contributed by atoms with Gasteiger partial charge in [-0.25, -0.2) is 0 Å². The molecule has 0 atom stereocenters. The molecule has 6 nitrogen and oxygen atoms in total. The standard InChI is InChI=1S/C15H10Cl2N4O2/c16-9-3-1-2-8(13(9)17)11-7(6-18)4-5-10(22)12(11)14(23)21-15(19)20/h1-5,22H,(H4,19,20,21,23). The number of nitrogens with zero attached hydrogens (tertiary/aromatic N) is 1. The van der Waals surface area contributed by atoms with Crippen LogP contribution in [0.25, 0.3) is 11.1 Å². The Bertz CT molecular complexity index is 859. The molecule has 2 aromatic rings. The van der Waals surface area contributed by atoms with E-state index in [4.69, 9.17) is 34.3 Å². The van der Waals surface area contributed by atoms with E-state index >= 15 is 0 Å². The van der Waals surface area contributed by atoms with E-state index in [0.717, 1.165) is 0 Å². The number of amides is 1. The van der Waals surface area contributed by atoms with Gasteiger partial charge in [-0.05, 0) is 18.2 Å². The maximum absolute atomic E-state index is 12.3. The summed E-state index contributed by atoms with van der Waals surface area (Å²) in [6, 6.07) is 9.21. The summed E-state index contributed by atoms with van der Waals surface area (Å²) in [5.41, 5.74) is 5.46. The maximum atomic E-state index is 12.3. The van der Waals surface area contributed by atoms with Crippen molar-refractivity contribution >= 4 is 35.1 Å². The van der Waals surface area contributed by atoms with Gasteiger partial charge in [0.05, 0.1) is 27.2 Å². The summed E-state index contributed by atoms with van der Waals surface area (Å²) < 4.78 is 0. The molecular weight excluding hydrogens is 339 g/mol. The second kappa shape index (κ2) is 6.57. The largest absolute Gasteiger partial charge is 0.507 e. The van der Waals surface area contributed by atoms with E-state index in [1.807, 2.05) is 6.07 Å². The van der Waals surface area contributed by atoms with Gasteiger partial charge in [-0.3, -0.25) is 15.5 Å². The van der Waals surface area contributed by atoms with E-state index in [0.29, 0.717) is 5.56 Å². The number of nitrogens with two attached hydrogens (primary N) is 1. The summed E-state index contributed by atoms with van der Waals surface area (Å²) in [6.45, 7) is 0. The third-order valence-corrected chi connectivity index (χ3v) is 3.82. The first-order valence-corrected chi connectivity index (χ1v) is 6.98. The smallest absolute Gasteiger partial charge is 0.262 e. The van der Waals surface area contributed by atoms with Gasteiger partial charge in [0.1, 0.15) is 5.75 Å². The first-order chi connectivity index (χ1) is 10.9. The van der Waals surface area contributed by atoms with Gasteiger partial charge >= 0.3 is 0 Å². The highest BCUT2D eigenvalue weighted by atomic mass is 35.5. The van der Waals surface area contributed by atoms with E-state index in [2.05, 4.69) is 5.32 Å². The molecule has 8 heteroatoms. The normalized spacial score (nSPS) is 9.96. The zero-order valence-corrected chi connectivity index (χ0v) is 13.0. The average Bonchev–Trinajstić information content (AvgIpc) is 2.49. The van der Waals surface area contributed by atoms with E-state index in [-0.39, 0.29) is 32.5 Å². The summed E-state index contributed by atoms with van der Waals surface area (Å²) in [7, 11) is 0. The minimum absolute atomic E-state index is 0.110. The predicted molar refractivity (Wildman–Crippen MR) is 87.7 cm³/mol. The fraction of sp³-hybridized carbons (Fsp3) is 0. The van der Waals surface area contributed by atoms with Crippen LogP contribution < -0.4 is 11.1 Å². The van der Waals surface area contributed by atoms with Crippen molar-refractivity contribution in [3.05, 3.63) is 51.5 Å². The number of halogens is 2. The van der Waals surface area contributed by atoms with Crippen LogP contribution in [0.2, 0.25) is 10.0 Å². The maximum Gasteiger partial charge on any atom is 0.262 e. The van der Waals surface area contributed by atoms with Gasteiger partial charge in [0, 0.05) is 11.1 Å². The second-order valence-electron chi connectivity index (χ2n) is 4.46. The molecule has 2 rings (SSSR count). The molecule has 0 radical (unpaired) electrons. The predicted octanol–water partition coefficient (Wildman–Crippen LogP) is 2.86. The number of carbonyl (C=O) groups is 1. The Hall–Kier alpha value is -2.75. The highest BCUT2D eigenvalue weighted by Gasteiger charge is 2.23. The number of nitriles is 1. The number of rotatable bonds is 2. The van der Waals surface area contributed by atoms with Crippen LogP contribution in [0.1, 0.15) is 15.9 Å².